The van der Waals surface area contributed by atoms with Crippen LogP contribution in [0.2, 0.25) is 0 Å². The molecule has 27 heavy (non-hydrogen) atoms. The number of hydrogen-bond donors (Lipinski definition) is 0. The van der Waals surface area contributed by atoms with Crippen LogP contribution in [0.15, 0.2) is 53.5 Å². The monoisotopic (exact) mass is 360 g/mol. The molecular weight excluding hydrogens is 340 g/mol. The Morgan fingerprint density at radius 2 is 1.70 bits per heavy atom. The first-order valence-electron chi connectivity index (χ1n) is 8.99. The second-order valence-corrected chi connectivity index (χ2v) is 6.43. The van der Waals surface area contributed by atoms with E-state index in [1.165, 1.54) is 7.11 Å². The first-order chi connectivity index (χ1) is 13.2. The highest BCUT2D eigenvalue weighted by Crippen LogP contribution is 2.29. The Morgan fingerprint density at radius 3 is 2.37 bits per heavy atom. The maximum atomic E-state index is 11.5. The van der Waals surface area contributed by atoms with E-state index in [2.05, 4.69) is 9.89 Å². The van der Waals surface area contributed by atoms with Crippen LogP contribution in [0, 0.1) is 0 Å². The molecule has 0 amide bonds. The Bertz CT molecular complexity index is 993. The molecule has 0 unspecified atom stereocenters. The van der Waals surface area contributed by atoms with Crippen molar-refractivity contribution in [1.82, 2.24) is 9.97 Å². The molecule has 2 heterocycles. The zero-order valence-electron chi connectivity index (χ0n) is 15.1. The molecular formula is C21H20N4O2. The number of carbonyl (C=O) groups excluding carboxylic acids is 1. The van der Waals surface area contributed by atoms with Crippen LogP contribution in [-0.2, 0) is 4.74 Å². The number of esters is 1. The number of aromatic nitrogens is 2. The van der Waals surface area contributed by atoms with Gasteiger partial charge in [0.25, 0.3) is 0 Å². The van der Waals surface area contributed by atoms with Crippen LogP contribution in [0.3, 0.4) is 0 Å². The van der Waals surface area contributed by atoms with E-state index in [1.54, 1.807) is 18.3 Å². The van der Waals surface area contributed by atoms with Crippen LogP contribution < -0.4 is 4.90 Å². The zero-order valence-corrected chi connectivity index (χ0v) is 15.1. The number of fused-ring (bicyclic) bond motifs is 1. The molecule has 0 N–H and O–H groups in total. The van der Waals surface area contributed by atoms with Crippen molar-refractivity contribution in [1.29, 1.82) is 0 Å². The fourth-order valence-electron chi connectivity index (χ4n) is 3.17. The van der Waals surface area contributed by atoms with Crippen LogP contribution in [0.4, 0.5) is 11.6 Å². The molecule has 1 fully saturated rings. The molecule has 6 heteroatoms. The summed E-state index contributed by atoms with van der Waals surface area (Å²) in [6, 6.07) is 14.9. The maximum Gasteiger partial charge on any atom is 0.337 e. The fourth-order valence-corrected chi connectivity index (χ4v) is 3.17. The quantitative estimate of drug-likeness (QED) is 0.523. The van der Waals surface area contributed by atoms with Gasteiger partial charge in [-0.25, -0.2) is 19.8 Å². The van der Waals surface area contributed by atoms with Gasteiger partial charge in [0.15, 0.2) is 11.6 Å². The van der Waals surface area contributed by atoms with Crippen molar-refractivity contribution in [2.45, 2.75) is 12.8 Å². The molecule has 0 radical (unpaired) electrons. The molecule has 4 rings (SSSR count). The molecule has 0 bridgehead atoms. The van der Waals surface area contributed by atoms with Gasteiger partial charge in [0.05, 0.1) is 23.7 Å². The van der Waals surface area contributed by atoms with Gasteiger partial charge in [0.1, 0.15) is 0 Å². The number of rotatable bonds is 4. The summed E-state index contributed by atoms with van der Waals surface area (Å²) in [5.74, 6) is 1.09. The van der Waals surface area contributed by atoms with Gasteiger partial charge in [-0.05, 0) is 42.7 Å². The lowest BCUT2D eigenvalue weighted by Crippen LogP contribution is -2.19. The molecule has 0 atom stereocenters. The minimum atomic E-state index is -0.352. The maximum absolute atomic E-state index is 11.5. The van der Waals surface area contributed by atoms with Crippen LogP contribution in [0.5, 0.6) is 0 Å². The number of carbonyl (C=O) groups is 1. The van der Waals surface area contributed by atoms with E-state index in [9.17, 15) is 4.79 Å². The Balaban J connectivity index is 1.68. The normalized spacial score (nSPS) is 14.2. The number of methoxy groups -OCH3 is 1. The highest BCUT2D eigenvalue weighted by molar-refractivity contribution is 5.91. The van der Waals surface area contributed by atoms with Gasteiger partial charge < -0.3 is 9.64 Å². The van der Waals surface area contributed by atoms with Gasteiger partial charge in [-0.2, -0.15) is 0 Å². The predicted molar refractivity (Wildman–Crippen MR) is 106 cm³/mol. The van der Waals surface area contributed by atoms with Gasteiger partial charge >= 0.3 is 5.97 Å². The molecule has 1 aliphatic heterocycles. The number of para-hydroxylation sites is 2. The average Bonchev–Trinajstić information content (AvgIpc) is 3.26. The van der Waals surface area contributed by atoms with Crippen molar-refractivity contribution in [2.75, 3.05) is 25.1 Å². The Morgan fingerprint density at radius 1 is 1.04 bits per heavy atom. The largest absolute Gasteiger partial charge is 0.465 e. The van der Waals surface area contributed by atoms with Crippen LogP contribution in [0.1, 0.15) is 28.8 Å². The Kier molecular flexibility index (Phi) is 4.78. The third kappa shape index (κ3) is 3.65. The van der Waals surface area contributed by atoms with Crippen LogP contribution in [0.25, 0.3) is 11.0 Å². The van der Waals surface area contributed by atoms with Crippen molar-refractivity contribution in [3.8, 4) is 0 Å². The van der Waals surface area contributed by atoms with Crippen molar-refractivity contribution < 1.29 is 9.53 Å². The second kappa shape index (κ2) is 7.53. The van der Waals surface area contributed by atoms with Gasteiger partial charge in [-0.15, -0.1) is 0 Å². The first kappa shape index (κ1) is 17.1. The van der Waals surface area contributed by atoms with Gasteiger partial charge in [0.2, 0.25) is 0 Å². The average molecular weight is 360 g/mol. The lowest BCUT2D eigenvalue weighted by Gasteiger charge is -2.18. The summed E-state index contributed by atoms with van der Waals surface area (Å²) >= 11 is 0. The first-order valence-corrected chi connectivity index (χ1v) is 8.99. The molecule has 1 aliphatic rings. The molecule has 0 aliphatic carbocycles. The van der Waals surface area contributed by atoms with Gasteiger partial charge in [0, 0.05) is 19.3 Å². The summed E-state index contributed by atoms with van der Waals surface area (Å²) in [4.78, 5) is 27.9. The SMILES string of the molecule is COC(=O)c1ccc(C=Nc2nc3ccccc3nc2N2CCCC2)cc1. The molecule has 1 saturated heterocycles. The van der Waals surface area contributed by atoms with Crippen molar-refractivity contribution in [3.05, 3.63) is 59.7 Å². The smallest absolute Gasteiger partial charge is 0.337 e. The van der Waals surface area contributed by atoms with Gasteiger partial charge in [-0.1, -0.05) is 24.3 Å². The topological polar surface area (TPSA) is 67.7 Å². The number of anilines is 1. The third-order valence-electron chi connectivity index (χ3n) is 4.61. The fraction of sp³-hybridized carbons (Fsp3) is 0.238. The summed E-state index contributed by atoms with van der Waals surface area (Å²) < 4.78 is 4.72. The molecule has 0 spiro atoms. The lowest BCUT2D eigenvalue weighted by molar-refractivity contribution is 0.0600. The highest BCUT2D eigenvalue weighted by atomic mass is 16.5. The van der Waals surface area contributed by atoms with E-state index in [1.807, 2.05) is 36.4 Å². The summed E-state index contributed by atoms with van der Waals surface area (Å²) in [5, 5.41) is 0. The lowest BCUT2D eigenvalue weighted by atomic mass is 10.1. The summed E-state index contributed by atoms with van der Waals surface area (Å²) in [5.41, 5.74) is 3.09. The van der Waals surface area contributed by atoms with Crippen molar-refractivity contribution in [3.63, 3.8) is 0 Å². The van der Waals surface area contributed by atoms with E-state index >= 15 is 0 Å². The summed E-state index contributed by atoms with van der Waals surface area (Å²) in [7, 11) is 1.37. The van der Waals surface area contributed by atoms with Crippen LogP contribution in [-0.4, -0.2) is 42.4 Å². The minimum absolute atomic E-state index is 0.352. The molecule has 6 nitrogen and oxygen atoms in total. The minimum Gasteiger partial charge on any atom is -0.465 e. The highest BCUT2D eigenvalue weighted by Gasteiger charge is 2.19. The second-order valence-electron chi connectivity index (χ2n) is 6.43. The van der Waals surface area contributed by atoms with E-state index in [0.717, 1.165) is 48.3 Å². The molecule has 0 saturated carbocycles. The number of aliphatic imine (C=N–C) groups is 1. The van der Waals surface area contributed by atoms with E-state index in [-0.39, 0.29) is 5.97 Å². The molecule has 3 aromatic rings. The zero-order chi connectivity index (χ0) is 18.6. The van der Waals surface area contributed by atoms with Crippen molar-refractivity contribution in [2.24, 2.45) is 4.99 Å². The number of hydrogen-bond acceptors (Lipinski definition) is 6. The predicted octanol–water partition coefficient (Wildman–Crippen LogP) is 3.77. The Labute approximate surface area is 157 Å². The van der Waals surface area contributed by atoms with Crippen LogP contribution >= 0.6 is 0 Å². The molecule has 136 valence electrons. The van der Waals surface area contributed by atoms with E-state index in [4.69, 9.17) is 14.7 Å². The Hall–Kier alpha value is -3.28. The molecule has 1 aromatic heterocycles. The number of nitrogens with zero attached hydrogens (tertiary/aromatic N) is 4. The standard InChI is InChI=1S/C21H20N4O2/c1-27-21(26)16-10-8-15(9-11-16)14-22-19-20(25-12-4-5-13-25)24-18-7-3-2-6-17(18)23-19/h2-3,6-11,14H,4-5,12-13H2,1H3. The number of ether oxygens (including phenoxy) is 1. The number of benzene rings is 2. The molecule has 2 aromatic carbocycles. The third-order valence-corrected chi connectivity index (χ3v) is 4.61. The summed E-state index contributed by atoms with van der Waals surface area (Å²) in [6.45, 7) is 1.95. The summed E-state index contributed by atoms with van der Waals surface area (Å²) in [6.07, 6.45) is 4.07. The van der Waals surface area contributed by atoms with E-state index < -0.39 is 0 Å². The van der Waals surface area contributed by atoms with Crippen molar-refractivity contribution >= 4 is 34.9 Å². The van der Waals surface area contributed by atoms with E-state index in [0.29, 0.717) is 11.4 Å². The van der Waals surface area contributed by atoms with Gasteiger partial charge in [-0.3, -0.25) is 0 Å².